The lowest BCUT2D eigenvalue weighted by Gasteiger charge is -2.25. The Morgan fingerprint density at radius 2 is 2.33 bits per heavy atom. The summed E-state index contributed by atoms with van der Waals surface area (Å²) < 4.78 is 5.25. The molecule has 0 spiro atoms. The van der Waals surface area contributed by atoms with E-state index in [1.807, 2.05) is 5.38 Å². The molecule has 0 saturated carbocycles. The van der Waals surface area contributed by atoms with Crippen LogP contribution in [0.25, 0.3) is 0 Å². The van der Waals surface area contributed by atoms with Crippen molar-refractivity contribution in [1.29, 1.82) is 0 Å². The lowest BCUT2D eigenvalue weighted by atomic mass is 10.4. The fraction of sp³-hybridized carbons (Fsp3) is 0.400. The highest BCUT2D eigenvalue weighted by Gasteiger charge is 2.13. The molecule has 1 aromatic rings. The molecule has 0 N–H and O–H groups in total. The first-order valence-electron chi connectivity index (χ1n) is 4.63. The summed E-state index contributed by atoms with van der Waals surface area (Å²) in [7, 11) is 0. The monoisotopic (exact) mass is 222 g/mol. The van der Waals surface area contributed by atoms with Crippen molar-refractivity contribution >= 4 is 22.8 Å². The van der Waals surface area contributed by atoms with Crippen LogP contribution in [0.3, 0.4) is 0 Å². The normalized spacial score (nSPS) is 15.6. The molecular formula is C10H10N2O2S. The summed E-state index contributed by atoms with van der Waals surface area (Å²) in [6, 6.07) is 0. The lowest BCUT2D eigenvalue weighted by Crippen LogP contribution is -2.36. The summed E-state index contributed by atoms with van der Waals surface area (Å²) in [5, 5.41) is 2.81. The van der Waals surface area contributed by atoms with Crippen LogP contribution in [0.1, 0.15) is 5.69 Å². The van der Waals surface area contributed by atoms with Crippen molar-refractivity contribution in [2.24, 2.45) is 0 Å². The summed E-state index contributed by atoms with van der Waals surface area (Å²) in [5.41, 5.74) is 0.661. The van der Waals surface area contributed by atoms with Gasteiger partial charge < -0.3 is 9.64 Å². The molecule has 1 saturated heterocycles. The molecule has 0 atom stereocenters. The van der Waals surface area contributed by atoms with Crippen molar-refractivity contribution < 1.29 is 9.53 Å². The summed E-state index contributed by atoms with van der Waals surface area (Å²) >= 11 is 1.55. The molecule has 0 unspecified atom stereocenters. The van der Waals surface area contributed by atoms with E-state index in [-0.39, 0.29) is 0 Å². The topological polar surface area (TPSA) is 42.4 Å². The largest absolute Gasteiger partial charge is 0.378 e. The third-order valence-electron chi connectivity index (χ3n) is 2.03. The average molecular weight is 222 g/mol. The molecule has 0 radical (unpaired) electrons. The fourth-order valence-corrected chi connectivity index (χ4v) is 2.14. The summed E-state index contributed by atoms with van der Waals surface area (Å²) in [5.74, 6) is 5.03. The Hall–Kier alpha value is -1.38. The van der Waals surface area contributed by atoms with Crippen LogP contribution in [0.15, 0.2) is 5.38 Å². The first kappa shape index (κ1) is 10.1. The smallest absolute Gasteiger partial charge is 0.193 e. The molecular weight excluding hydrogens is 212 g/mol. The number of aromatic nitrogens is 1. The van der Waals surface area contributed by atoms with Gasteiger partial charge in [-0.1, -0.05) is 0 Å². The minimum absolute atomic E-state index is 0.577. The van der Waals surface area contributed by atoms with Crippen LogP contribution in [0, 0.1) is 11.8 Å². The highest BCUT2D eigenvalue weighted by molar-refractivity contribution is 7.13. The number of aldehydes is 1. The van der Waals surface area contributed by atoms with Crippen molar-refractivity contribution in [1.82, 2.24) is 4.98 Å². The molecule has 1 aliphatic heterocycles. The number of hydrogen-bond acceptors (Lipinski definition) is 5. The van der Waals surface area contributed by atoms with Crippen LogP contribution in [0.2, 0.25) is 0 Å². The second-order valence-electron chi connectivity index (χ2n) is 3.00. The lowest BCUT2D eigenvalue weighted by molar-refractivity contribution is -0.103. The van der Waals surface area contributed by atoms with Crippen LogP contribution < -0.4 is 4.90 Å². The second-order valence-corrected chi connectivity index (χ2v) is 3.84. The molecule has 1 aromatic heterocycles. The van der Waals surface area contributed by atoms with Crippen LogP contribution >= 0.6 is 11.3 Å². The Balaban J connectivity index is 2.08. The van der Waals surface area contributed by atoms with E-state index < -0.39 is 0 Å². The number of carbonyl (C=O) groups is 1. The van der Waals surface area contributed by atoms with E-state index in [1.165, 1.54) is 0 Å². The molecule has 2 rings (SSSR count). The van der Waals surface area contributed by atoms with Crippen LogP contribution in [0.4, 0.5) is 5.13 Å². The van der Waals surface area contributed by atoms with Gasteiger partial charge in [0, 0.05) is 18.5 Å². The predicted octanol–water partition coefficient (Wildman–Crippen LogP) is 0.530. The maximum absolute atomic E-state index is 10.1. The van der Waals surface area contributed by atoms with E-state index in [4.69, 9.17) is 4.74 Å². The van der Waals surface area contributed by atoms with E-state index in [0.717, 1.165) is 31.4 Å². The van der Waals surface area contributed by atoms with Gasteiger partial charge in [-0.25, -0.2) is 4.98 Å². The van der Waals surface area contributed by atoms with Gasteiger partial charge in [-0.05, 0) is 11.8 Å². The Bertz CT molecular complexity index is 399. The van der Waals surface area contributed by atoms with Gasteiger partial charge >= 0.3 is 0 Å². The van der Waals surface area contributed by atoms with Crippen molar-refractivity contribution in [2.45, 2.75) is 0 Å². The number of carbonyl (C=O) groups excluding carboxylic acids is 1. The molecule has 15 heavy (non-hydrogen) atoms. The summed E-state index contributed by atoms with van der Waals surface area (Å²) in [4.78, 5) is 16.6. The first-order chi connectivity index (χ1) is 7.40. The van der Waals surface area contributed by atoms with Crippen LogP contribution in [-0.2, 0) is 9.53 Å². The van der Waals surface area contributed by atoms with Gasteiger partial charge in [-0.3, -0.25) is 4.79 Å². The molecule has 1 fully saturated rings. The van der Waals surface area contributed by atoms with Crippen LogP contribution in [0.5, 0.6) is 0 Å². The SMILES string of the molecule is O=CC#Cc1csc(N2CCOCC2)n1. The number of rotatable bonds is 1. The molecule has 5 heteroatoms. The Morgan fingerprint density at radius 1 is 1.53 bits per heavy atom. The molecule has 4 nitrogen and oxygen atoms in total. The van der Waals surface area contributed by atoms with Gasteiger partial charge in [0.1, 0.15) is 5.69 Å². The maximum atomic E-state index is 10.1. The van der Waals surface area contributed by atoms with Gasteiger partial charge in [-0.15, -0.1) is 11.3 Å². The maximum Gasteiger partial charge on any atom is 0.193 e. The van der Waals surface area contributed by atoms with E-state index in [2.05, 4.69) is 21.7 Å². The summed E-state index contributed by atoms with van der Waals surface area (Å²) in [6.45, 7) is 3.23. The molecule has 0 bridgehead atoms. The zero-order valence-corrected chi connectivity index (χ0v) is 8.92. The minimum Gasteiger partial charge on any atom is -0.378 e. The molecule has 2 heterocycles. The van der Waals surface area contributed by atoms with Crippen molar-refractivity contribution in [3.63, 3.8) is 0 Å². The van der Waals surface area contributed by atoms with Crippen molar-refractivity contribution in [3.05, 3.63) is 11.1 Å². The average Bonchev–Trinajstić information content (AvgIpc) is 2.76. The van der Waals surface area contributed by atoms with E-state index >= 15 is 0 Å². The number of anilines is 1. The van der Waals surface area contributed by atoms with Gasteiger partial charge in [0.2, 0.25) is 0 Å². The van der Waals surface area contributed by atoms with Crippen molar-refractivity contribution in [2.75, 3.05) is 31.2 Å². The van der Waals surface area contributed by atoms with E-state index in [1.54, 1.807) is 11.3 Å². The highest BCUT2D eigenvalue weighted by atomic mass is 32.1. The quantitative estimate of drug-likeness (QED) is 0.513. The van der Waals surface area contributed by atoms with Gasteiger partial charge in [-0.2, -0.15) is 0 Å². The Kier molecular flexibility index (Phi) is 3.33. The van der Waals surface area contributed by atoms with Gasteiger partial charge in [0.25, 0.3) is 0 Å². The van der Waals surface area contributed by atoms with Crippen molar-refractivity contribution in [3.8, 4) is 11.8 Å². The van der Waals surface area contributed by atoms with Gasteiger partial charge in [0.15, 0.2) is 11.4 Å². The van der Waals surface area contributed by atoms with E-state index in [0.29, 0.717) is 12.0 Å². The second kappa shape index (κ2) is 4.91. The van der Waals surface area contributed by atoms with Crippen LogP contribution in [-0.4, -0.2) is 37.6 Å². The third-order valence-corrected chi connectivity index (χ3v) is 2.93. The highest BCUT2D eigenvalue weighted by Crippen LogP contribution is 2.20. The number of thiazole rings is 1. The number of nitrogens with zero attached hydrogens (tertiary/aromatic N) is 2. The molecule has 78 valence electrons. The summed E-state index contributed by atoms with van der Waals surface area (Å²) in [6.07, 6.45) is 0.577. The molecule has 0 aromatic carbocycles. The first-order valence-corrected chi connectivity index (χ1v) is 5.51. The minimum atomic E-state index is 0.577. The predicted molar refractivity (Wildman–Crippen MR) is 58.1 cm³/mol. The molecule has 0 amide bonds. The zero-order valence-electron chi connectivity index (χ0n) is 8.10. The number of ether oxygens (including phenoxy) is 1. The molecule has 1 aliphatic rings. The third kappa shape index (κ3) is 2.55. The van der Waals surface area contributed by atoms with Gasteiger partial charge in [0.05, 0.1) is 13.2 Å². The standard InChI is InChI=1S/C10H10N2O2S/c13-5-1-2-9-8-15-10(11-9)12-3-6-14-7-4-12/h5,8H,3-4,6-7H2. The number of morpholine rings is 1. The zero-order chi connectivity index (χ0) is 10.5. The van der Waals surface area contributed by atoms with E-state index in [9.17, 15) is 4.79 Å². The Morgan fingerprint density at radius 3 is 3.07 bits per heavy atom. The molecule has 0 aliphatic carbocycles. The number of hydrogen-bond donors (Lipinski definition) is 0. The Labute approximate surface area is 91.9 Å². The fourth-order valence-electron chi connectivity index (χ4n) is 1.32.